The average Bonchev–Trinajstić information content (AvgIpc) is 2.74. The number of nitrogens with zero attached hydrogens (tertiary/aromatic N) is 1. The molecule has 0 saturated heterocycles. The quantitative estimate of drug-likeness (QED) is 0.843. The summed E-state index contributed by atoms with van der Waals surface area (Å²) in [6.07, 6.45) is 3.71. The van der Waals surface area contributed by atoms with E-state index in [1.165, 1.54) is 36.1 Å². The van der Waals surface area contributed by atoms with Crippen molar-refractivity contribution in [1.82, 2.24) is 0 Å². The van der Waals surface area contributed by atoms with Gasteiger partial charge >= 0.3 is 0 Å². The summed E-state index contributed by atoms with van der Waals surface area (Å²) >= 11 is 0. The topological polar surface area (TPSA) is 23.5 Å². The minimum Gasteiger partial charge on any atom is -0.394 e. The Morgan fingerprint density at radius 2 is 1.94 bits per heavy atom. The maximum absolute atomic E-state index is 9.38. The zero-order valence-corrected chi connectivity index (χ0v) is 10.5. The molecule has 0 bridgehead atoms. The smallest absolute Gasteiger partial charge is 0.0658 e. The molecular weight excluding hydrogens is 198 g/mol. The molecule has 1 aromatic rings. The molecule has 0 aliphatic heterocycles. The molecule has 0 heterocycles. The first-order chi connectivity index (χ1) is 7.54. The first-order valence-electron chi connectivity index (χ1n) is 6.01. The van der Waals surface area contributed by atoms with E-state index in [9.17, 15) is 5.11 Å². The molecule has 2 rings (SSSR count). The summed E-state index contributed by atoms with van der Waals surface area (Å²) in [7, 11) is 2.05. The van der Waals surface area contributed by atoms with Gasteiger partial charge in [-0.05, 0) is 56.4 Å². The lowest BCUT2D eigenvalue weighted by molar-refractivity contribution is 0.216. The van der Waals surface area contributed by atoms with Gasteiger partial charge in [-0.3, -0.25) is 0 Å². The largest absolute Gasteiger partial charge is 0.394 e. The summed E-state index contributed by atoms with van der Waals surface area (Å²) in [5.74, 6) is 0. The number of aryl methyl sites for hydroxylation is 2. The highest BCUT2D eigenvalue weighted by Crippen LogP contribution is 2.29. The predicted octanol–water partition coefficient (Wildman–Crippen LogP) is 2.38. The highest BCUT2D eigenvalue weighted by Gasteiger charge is 2.23. The summed E-state index contributed by atoms with van der Waals surface area (Å²) in [5.41, 5.74) is 3.99. The molecule has 1 aromatic carbocycles. The van der Waals surface area contributed by atoms with Gasteiger partial charge < -0.3 is 10.0 Å². The Morgan fingerprint density at radius 3 is 2.62 bits per heavy atom. The van der Waals surface area contributed by atoms with Crippen LogP contribution in [0.25, 0.3) is 0 Å². The Hall–Kier alpha value is -1.02. The summed E-state index contributed by atoms with van der Waals surface area (Å²) in [4.78, 5) is 2.16. The van der Waals surface area contributed by atoms with Crippen LogP contribution in [0.15, 0.2) is 18.2 Å². The number of benzene rings is 1. The van der Waals surface area contributed by atoms with E-state index in [1.807, 2.05) is 7.05 Å². The van der Waals surface area contributed by atoms with Gasteiger partial charge in [0, 0.05) is 12.7 Å². The lowest BCUT2D eigenvalue weighted by Crippen LogP contribution is -2.44. The van der Waals surface area contributed by atoms with Gasteiger partial charge in [0.05, 0.1) is 12.1 Å². The van der Waals surface area contributed by atoms with Crippen molar-refractivity contribution in [2.75, 3.05) is 18.6 Å². The molecule has 0 spiro atoms. The normalized spacial score (nSPS) is 15.0. The van der Waals surface area contributed by atoms with Crippen molar-refractivity contribution in [1.29, 1.82) is 0 Å². The van der Waals surface area contributed by atoms with Gasteiger partial charge in [0.1, 0.15) is 0 Å². The molecule has 16 heavy (non-hydrogen) atoms. The lowest BCUT2D eigenvalue weighted by atomic mass is 10.0. The molecule has 2 nitrogen and oxygen atoms in total. The third-order valence-corrected chi connectivity index (χ3v) is 3.76. The van der Waals surface area contributed by atoms with E-state index in [0.29, 0.717) is 0 Å². The average molecular weight is 219 g/mol. The van der Waals surface area contributed by atoms with Crippen molar-refractivity contribution in [2.24, 2.45) is 0 Å². The van der Waals surface area contributed by atoms with Gasteiger partial charge in [0.2, 0.25) is 0 Å². The Labute approximate surface area is 97.9 Å². The number of aliphatic hydroxyl groups is 1. The van der Waals surface area contributed by atoms with Crippen LogP contribution in [0.2, 0.25) is 0 Å². The van der Waals surface area contributed by atoms with E-state index < -0.39 is 0 Å². The van der Waals surface area contributed by atoms with Crippen LogP contribution in [0, 0.1) is 0 Å². The Kier molecular flexibility index (Phi) is 2.94. The molecule has 0 amide bonds. The summed E-state index contributed by atoms with van der Waals surface area (Å²) < 4.78 is 0. The highest BCUT2D eigenvalue weighted by molar-refractivity contribution is 5.53. The zero-order chi connectivity index (χ0) is 11.8. The van der Waals surface area contributed by atoms with Crippen molar-refractivity contribution in [2.45, 2.75) is 38.6 Å². The van der Waals surface area contributed by atoms with Crippen molar-refractivity contribution in [3.05, 3.63) is 29.3 Å². The molecule has 2 heteroatoms. The fourth-order valence-electron chi connectivity index (χ4n) is 2.22. The number of aliphatic hydroxyl groups excluding tert-OH is 1. The highest BCUT2D eigenvalue weighted by atomic mass is 16.3. The van der Waals surface area contributed by atoms with E-state index in [0.717, 1.165) is 0 Å². The Morgan fingerprint density at radius 1 is 1.25 bits per heavy atom. The second-order valence-electron chi connectivity index (χ2n) is 5.34. The third kappa shape index (κ3) is 1.94. The molecule has 1 aliphatic rings. The molecule has 0 aromatic heterocycles. The molecule has 0 unspecified atom stereocenters. The Balaban J connectivity index is 2.28. The molecule has 1 aliphatic carbocycles. The van der Waals surface area contributed by atoms with E-state index in [4.69, 9.17) is 0 Å². The number of fused-ring (bicyclic) bond motifs is 1. The van der Waals surface area contributed by atoms with Crippen molar-refractivity contribution >= 4 is 5.69 Å². The maximum Gasteiger partial charge on any atom is 0.0658 e. The summed E-state index contributed by atoms with van der Waals surface area (Å²) in [5, 5.41) is 9.38. The number of rotatable bonds is 3. The third-order valence-electron chi connectivity index (χ3n) is 3.76. The van der Waals surface area contributed by atoms with Crippen LogP contribution in [0.1, 0.15) is 31.4 Å². The van der Waals surface area contributed by atoms with Gasteiger partial charge in [-0.15, -0.1) is 0 Å². The van der Waals surface area contributed by atoms with Crippen LogP contribution in [0.3, 0.4) is 0 Å². The van der Waals surface area contributed by atoms with Crippen molar-refractivity contribution in [3.63, 3.8) is 0 Å². The molecule has 0 atom stereocenters. The number of hydrogen-bond donors (Lipinski definition) is 1. The summed E-state index contributed by atoms with van der Waals surface area (Å²) in [6.45, 7) is 4.28. The maximum atomic E-state index is 9.38. The SMILES string of the molecule is CN(c1ccc2c(c1)CCC2)C(C)(C)CO. The van der Waals surface area contributed by atoms with Crippen molar-refractivity contribution < 1.29 is 5.11 Å². The van der Waals surface area contributed by atoms with Gasteiger partial charge in [0.25, 0.3) is 0 Å². The van der Waals surface area contributed by atoms with Crippen LogP contribution in [0.4, 0.5) is 5.69 Å². The molecule has 88 valence electrons. The zero-order valence-electron chi connectivity index (χ0n) is 10.5. The standard InChI is InChI=1S/C14H21NO/c1-14(2,10-16)15(3)13-8-7-11-5-4-6-12(11)9-13/h7-9,16H,4-6,10H2,1-3H3. The van der Waals surface area contributed by atoms with Gasteiger partial charge in [-0.25, -0.2) is 0 Å². The molecule has 0 radical (unpaired) electrons. The second kappa shape index (κ2) is 4.10. The second-order valence-corrected chi connectivity index (χ2v) is 5.34. The molecule has 0 fully saturated rings. The fraction of sp³-hybridized carbons (Fsp3) is 0.571. The Bertz CT molecular complexity index is 384. The van der Waals surface area contributed by atoms with Gasteiger partial charge in [-0.2, -0.15) is 0 Å². The number of anilines is 1. The van der Waals surface area contributed by atoms with Crippen LogP contribution in [0.5, 0.6) is 0 Å². The minimum absolute atomic E-state index is 0.167. The lowest BCUT2D eigenvalue weighted by Gasteiger charge is -2.36. The molecule has 1 N–H and O–H groups in total. The van der Waals surface area contributed by atoms with Crippen LogP contribution in [-0.2, 0) is 12.8 Å². The van der Waals surface area contributed by atoms with E-state index in [1.54, 1.807) is 0 Å². The predicted molar refractivity (Wildman–Crippen MR) is 68.0 cm³/mol. The minimum atomic E-state index is -0.202. The monoisotopic (exact) mass is 219 g/mol. The first kappa shape index (κ1) is 11.5. The molecular formula is C14H21NO. The molecule has 0 saturated carbocycles. The van der Waals surface area contributed by atoms with Crippen LogP contribution in [-0.4, -0.2) is 24.3 Å². The van der Waals surface area contributed by atoms with Crippen LogP contribution < -0.4 is 4.90 Å². The van der Waals surface area contributed by atoms with Gasteiger partial charge in [0.15, 0.2) is 0 Å². The van der Waals surface area contributed by atoms with Gasteiger partial charge in [-0.1, -0.05) is 6.07 Å². The number of likely N-dealkylation sites (N-methyl/N-ethyl adjacent to an activating group) is 1. The first-order valence-corrected chi connectivity index (χ1v) is 6.01. The fourth-order valence-corrected chi connectivity index (χ4v) is 2.22. The van der Waals surface area contributed by atoms with E-state index in [2.05, 4.69) is 36.9 Å². The van der Waals surface area contributed by atoms with E-state index >= 15 is 0 Å². The number of hydrogen-bond acceptors (Lipinski definition) is 2. The summed E-state index contributed by atoms with van der Waals surface area (Å²) in [6, 6.07) is 6.68. The van der Waals surface area contributed by atoms with E-state index in [-0.39, 0.29) is 12.1 Å². The van der Waals surface area contributed by atoms with Crippen molar-refractivity contribution in [3.8, 4) is 0 Å². The van der Waals surface area contributed by atoms with Crippen LogP contribution >= 0.6 is 0 Å².